The lowest BCUT2D eigenvalue weighted by molar-refractivity contribution is 0.0506. The number of thiazole rings is 1. The van der Waals surface area contributed by atoms with Crippen molar-refractivity contribution in [2.45, 2.75) is 6.92 Å². The molecule has 0 bridgehead atoms. The number of rotatable bonds is 6. The number of hydrogen-bond acceptors (Lipinski definition) is 6. The van der Waals surface area contributed by atoms with E-state index in [9.17, 15) is 4.79 Å². The standard InChI is InChI=1S/C19H17BrN2O4S/c1-11-7-14-17(9-16(11)26-19(21)23)27-18(22-14)6-4-12-3-5-15(13(20)8-12)25-10-24-2/h3-9H,10H2,1-2H3,(H2,21,23). The van der Waals surface area contributed by atoms with Crippen LogP contribution in [0.5, 0.6) is 11.5 Å². The Balaban J connectivity index is 1.81. The number of primary amides is 1. The number of carbonyl (C=O) groups excluding carboxylic acids is 1. The fraction of sp³-hybridized carbons (Fsp3) is 0.158. The van der Waals surface area contributed by atoms with Crippen molar-refractivity contribution in [3.05, 3.63) is 50.9 Å². The third-order valence-electron chi connectivity index (χ3n) is 3.62. The summed E-state index contributed by atoms with van der Waals surface area (Å²) < 4.78 is 17.1. The molecular weight excluding hydrogens is 432 g/mol. The molecule has 1 amide bonds. The zero-order chi connectivity index (χ0) is 19.4. The first-order chi connectivity index (χ1) is 13.0. The Morgan fingerprint density at radius 1 is 1.26 bits per heavy atom. The van der Waals surface area contributed by atoms with Gasteiger partial charge in [-0.25, -0.2) is 9.78 Å². The van der Waals surface area contributed by atoms with Crippen molar-refractivity contribution in [1.29, 1.82) is 0 Å². The average Bonchev–Trinajstić information content (AvgIpc) is 3.00. The highest BCUT2D eigenvalue weighted by molar-refractivity contribution is 9.10. The SMILES string of the molecule is COCOc1ccc(C=Cc2nc3cc(C)c(OC(N)=O)cc3s2)cc1Br. The number of ether oxygens (including phenoxy) is 3. The van der Waals surface area contributed by atoms with Gasteiger partial charge in [-0.15, -0.1) is 11.3 Å². The summed E-state index contributed by atoms with van der Waals surface area (Å²) >= 11 is 4.99. The van der Waals surface area contributed by atoms with Crippen LogP contribution in [0.1, 0.15) is 16.1 Å². The molecule has 6 nitrogen and oxygen atoms in total. The van der Waals surface area contributed by atoms with E-state index < -0.39 is 6.09 Å². The molecular formula is C19H17BrN2O4S. The van der Waals surface area contributed by atoms with Crippen LogP contribution >= 0.6 is 27.3 Å². The number of benzene rings is 2. The van der Waals surface area contributed by atoms with Crippen molar-refractivity contribution in [3.63, 3.8) is 0 Å². The molecule has 0 spiro atoms. The maximum absolute atomic E-state index is 11.0. The van der Waals surface area contributed by atoms with E-state index in [0.29, 0.717) is 11.5 Å². The lowest BCUT2D eigenvalue weighted by atomic mass is 10.2. The van der Waals surface area contributed by atoms with Gasteiger partial charge in [0.1, 0.15) is 16.5 Å². The molecule has 0 aliphatic carbocycles. The van der Waals surface area contributed by atoms with Crippen LogP contribution in [0.15, 0.2) is 34.8 Å². The zero-order valence-corrected chi connectivity index (χ0v) is 17.1. The van der Waals surface area contributed by atoms with Gasteiger partial charge < -0.3 is 19.9 Å². The molecule has 3 aromatic rings. The molecule has 1 heterocycles. The number of amides is 1. The highest BCUT2D eigenvalue weighted by Gasteiger charge is 2.09. The third-order valence-corrected chi connectivity index (χ3v) is 5.22. The molecule has 1 aromatic heterocycles. The molecule has 0 radical (unpaired) electrons. The quantitative estimate of drug-likeness (QED) is 0.537. The van der Waals surface area contributed by atoms with Crippen molar-refractivity contribution in [2.75, 3.05) is 13.9 Å². The van der Waals surface area contributed by atoms with E-state index in [-0.39, 0.29) is 6.79 Å². The van der Waals surface area contributed by atoms with Gasteiger partial charge >= 0.3 is 6.09 Å². The maximum Gasteiger partial charge on any atom is 0.409 e. The largest absolute Gasteiger partial charge is 0.466 e. The van der Waals surface area contributed by atoms with Crippen LogP contribution in [0, 0.1) is 6.92 Å². The van der Waals surface area contributed by atoms with Crippen molar-refractivity contribution in [3.8, 4) is 11.5 Å². The van der Waals surface area contributed by atoms with Crippen LogP contribution in [-0.2, 0) is 4.74 Å². The molecule has 0 atom stereocenters. The second kappa shape index (κ2) is 8.51. The topological polar surface area (TPSA) is 83.7 Å². The number of methoxy groups -OCH3 is 1. The highest BCUT2D eigenvalue weighted by atomic mass is 79.9. The van der Waals surface area contributed by atoms with Gasteiger partial charge in [0.05, 0.1) is 14.7 Å². The van der Waals surface area contributed by atoms with E-state index in [2.05, 4.69) is 20.9 Å². The number of nitrogens with two attached hydrogens (primary N) is 1. The van der Waals surface area contributed by atoms with E-state index in [1.807, 2.05) is 43.3 Å². The Kier molecular flexibility index (Phi) is 6.10. The van der Waals surface area contributed by atoms with E-state index >= 15 is 0 Å². The van der Waals surface area contributed by atoms with Crippen LogP contribution in [0.2, 0.25) is 0 Å². The molecule has 27 heavy (non-hydrogen) atoms. The van der Waals surface area contributed by atoms with E-state index in [1.54, 1.807) is 13.2 Å². The normalized spacial score (nSPS) is 11.2. The molecule has 3 rings (SSSR count). The van der Waals surface area contributed by atoms with Crippen molar-refractivity contribution in [2.24, 2.45) is 5.73 Å². The lowest BCUT2D eigenvalue weighted by Gasteiger charge is -2.07. The Hall–Kier alpha value is -2.42. The van der Waals surface area contributed by atoms with Crippen LogP contribution in [0.3, 0.4) is 0 Å². The predicted octanol–water partition coefficient (Wildman–Crippen LogP) is 4.98. The summed E-state index contributed by atoms with van der Waals surface area (Å²) in [6.07, 6.45) is 3.08. The fourth-order valence-corrected chi connectivity index (χ4v) is 3.79. The summed E-state index contributed by atoms with van der Waals surface area (Å²) in [4.78, 5) is 15.6. The first-order valence-corrected chi connectivity index (χ1v) is 9.55. The summed E-state index contributed by atoms with van der Waals surface area (Å²) in [6.45, 7) is 2.04. The number of carbonyl (C=O) groups is 1. The maximum atomic E-state index is 11.0. The van der Waals surface area contributed by atoms with Gasteiger partial charge in [-0.3, -0.25) is 0 Å². The Morgan fingerprint density at radius 2 is 2.07 bits per heavy atom. The van der Waals surface area contributed by atoms with Gasteiger partial charge in [-0.2, -0.15) is 0 Å². The molecule has 140 valence electrons. The van der Waals surface area contributed by atoms with E-state index in [0.717, 1.165) is 30.8 Å². The lowest BCUT2D eigenvalue weighted by Crippen LogP contribution is -2.16. The molecule has 0 aliphatic rings. The van der Waals surface area contributed by atoms with Crippen molar-refractivity contribution in [1.82, 2.24) is 4.98 Å². The summed E-state index contributed by atoms with van der Waals surface area (Å²) in [5.41, 5.74) is 7.75. The number of aromatic nitrogens is 1. The molecule has 2 N–H and O–H groups in total. The van der Waals surface area contributed by atoms with Gasteiger partial charge in [0.2, 0.25) is 0 Å². The first-order valence-electron chi connectivity index (χ1n) is 7.94. The smallest absolute Gasteiger partial charge is 0.409 e. The van der Waals surface area contributed by atoms with Crippen LogP contribution < -0.4 is 15.2 Å². The molecule has 2 aromatic carbocycles. The Bertz CT molecular complexity index is 1020. The molecule has 0 unspecified atom stereocenters. The van der Waals surface area contributed by atoms with Crippen LogP contribution in [0.25, 0.3) is 22.4 Å². The van der Waals surface area contributed by atoms with Crippen molar-refractivity contribution >= 4 is 55.7 Å². The molecule has 0 aliphatic heterocycles. The minimum absolute atomic E-state index is 0.195. The minimum atomic E-state index is -0.828. The highest BCUT2D eigenvalue weighted by Crippen LogP contribution is 2.31. The summed E-state index contributed by atoms with van der Waals surface area (Å²) in [6, 6.07) is 9.43. The summed E-state index contributed by atoms with van der Waals surface area (Å²) in [5, 5.41) is 0.844. The van der Waals surface area contributed by atoms with Crippen molar-refractivity contribution < 1.29 is 19.0 Å². The van der Waals surface area contributed by atoms with E-state index in [4.69, 9.17) is 19.9 Å². The van der Waals surface area contributed by atoms with Gasteiger partial charge in [-0.1, -0.05) is 12.1 Å². The number of hydrogen-bond donors (Lipinski definition) is 1. The molecule has 8 heteroatoms. The first kappa shape index (κ1) is 19.3. The van der Waals surface area contributed by atoms with Crippen LogP contribution in [-0.4, -0.2) is 25.0 Å². The summed E-state index contributed by atoms with van der Waals surface area (Å²) in [5.74, 6) is 1.16. The zero-order valence-electron chi connectivity index (χ0n) is 14.7. The van der Waals surface area contributed by atoms with Gasteiger partial charge in [0.25, 0.3) is 0 Å². The second-order valence-corrected chi connectivity index (χ2v) is 7.55. The average molecular weight is 449 g/mol. The van der Waals surface area contributed by atoms with Gasteiger partial charge in [0, 0.05) is 13.2 Å². The monoisotopic (exact) mass is 448 g/mol. The number of fused-ring (bicyclic) bond motifs is 1. The molecule has 0 fully saturated rings. The van der Waals surface area contributed by atoms with Crippen LogP contribution in [0.4, 0.5) is 4.79 Å². The predicted molar refractivity (Wildman–Crippen MR) is 110 cm³/mol. The molecule has 0 saturated carbocycles. The number of aryl methyl sites for hydroxylation is 1. The third kappa shape index (κ3) is 4.85. The minimum Gasteiger partial charge on any atom is -0.466 e. The number of nitrogens with zero attached hydrogens (tertiary/aromatic N) is 1. The molecule has 0 saturated heterocycles. The Labute approximate surface area is 168 Å². The fourth-order valence-electron chi connectivity index (χ4n) is 2.39. The Morgan fingerprint density at radius 3 is 2.78 bits per heavy atom. The van der Waals surface area contributed by atoms with Gasteiger partial charge in [0.15, 0.2) is 6.79 Å². The number of halogens is 1. The summed E-state index contributed by atoms with van der Waals surface area (Å²) in [7, 11) is 1.58. The van der Waals surface area contributed by atoms with Gasteiger partial charge in [-0.05, 0) is 58.3 Å². The van der Waals surface area contributed by atoms with E-state index in [1.165, 1.54) is 11.3 Å². The second-order valence-electron chi connectivity index (χ2n) is 5.63.